The molecule has 0 bridgehead atoms. The molecule has 0 saturated heterocycles. The molecule has 2 aromatic carbocycles. The Balaban J connectivity index is 1.28. The zero-order valence-electron chi connectivity index (χ0n) is 22.0. The standard InChI is InChI=1S/C27H27ClN5O7P/c1-17-6-8-20(9-7-17)24-22(39-18(2)40-24)14-38-41(35,37-13-19-4-3-5-21(28)12-19)16-36-11-10-33-15-30-23-25(33)31-27(29)32-26(23)34/h3-9,12,15H,2,10-11,13-14,16H2,1H3,(H3,29,31,32,34). The molecule has 3 N–H and O–H groups in total. The Bertz CT molecular complexity index is 1720. The van der Waals surface area contributed by atoms with Crippen LogP contribution in [0.25, 0.3) is 16.9 Å². The van der Waals surface area contributed by atoms with Gasteiger partial charge in [-0.1, -0.05) is 53.6 Å². The number of imidazole rings is 1. The molecule has 2 aromatic heterocycles. The minimum Gasteiger partial charge on any atom is -0.424 e. The van der Waals surface area contributed by atoms with E-state index in [2.05, 4.69) is 21.5 Å². The monoisotopic (exact) mass is 599 g/mol. The SMILES string of the molecule is C=C1OC(COP(=O)(COCCn2cnc3c(=O)[nH]c(N)nc32)OCc2cccc(Cl)c2)=C(c2ccc(C)cc2)O1. The Morgan fingerprint density at radius 3 is 2.71 bits per heavy atom. The number of nitrogens with zero attached hydrogens (tertiary/aromatic N) is 3. The van der Waals surface area contributed by atoms with Crippen LogP contribution >= 0.6 is 19.2 Å². The third-order valence-corrected chi connectivity index (χ3v) is 7.73. The van der Waals surface area contributed by atoms with Gasteiger partial charge in [-0.2, -0.15) is 4.98 Å². The number of H-pyrrole nitrogens is 1. The first kappa shape index (κ1) is 28.6. The number of halogens is 1. The lowest BCUT2D eigenvalue weighted by Gasteiger charge is -2.19. The average molecular weight is 600 g/mol. The van der Waals surface area contributed by atoms with E-state index in [1.165, 1.54) is 6.33 Å². The molecule has 1 atom stereocenters. The van der Waals surface area contributed by atoms with Gasteiger partial charge in [-0.05, 0) is 31.2 Å². The van der Waals surface area contributed by atoms with E-state index >= 15 is 0 Å². The number of benzene rings is 2. The van der Waals surface area contributed by atoms with Crippen molar-refractivity contribution in [2.75, 3.05) is 25.3 Å². The number of rotatable bonds is 12. The van der Waals surface area contributed by atoms with Crippen LogP contribution in [-0.4, -0.2) is 39.1 Å². The number of fused-ring (bicyclic) bond motifs is 1. The van der Waals surface area contributed by atoms with Crippen molar-refractivity contribution in [3.8, 4) is 0 Å². The highest BCUT2D eigenvalue weighted by Crippen LogP contribution is 2.50. The Morgan fingerprint density at radius 2 is 1.93 bits per heavy atom. The number of hydrogen-bond acceptors (Lipinski definition) is 10. The molecule has 0 radical (unpaired) electrons. The highest BCUT2D eigenvalue weighted by Gasteiger charge is 2.30. The minimum atomic E-state index is -3.85. The molecule has 14 heteroatoms. The maximum atomic E-state index is 13.8. The van der Waals surface area contributed by atoms with Crippen molar-refractivity contribution in [3.05, 3.63) is 105 Å². The van der Waals surface area contributed by atoms with Crippen LogP contribution < -0.4 is 11.3 Å². The number of ether oxygens (including phenoxy) is 3. The summed E-state index contributed by atoms with van der Waals surface area (Å²) in [4.78, 5) is 22.6. The lowest BCUT2D eigenvalue weighted by atomic mass is 10.1. The van der Waals surface area contributed by atoms with E-state index in [0.29, 0.717) is 27.8 Å². The quantitative estimate of drug-likeness (QED) is 0.169. The molecule has 1 aliphatic heterocycles. The number of aryl methyl sites for hydroxylation is 1. The zero-order valence-corrected chi connectivity index (χ0v) is 23.7. The van der Waals surface area contributed by atoms with Crippen molar-refractivity contribution < 1.29 is 27.8 Å². The lowest BCUT2D eigenvalue weighted by molar-refractivity contribution is 0.115. The Morgan fingerprint density at radius 1 is 1.15 bits per heavy atom. The molecule has 1 aliphatic rings. The molecule has 4 aromatic rings. The fraction of sp³-hybridized carbons (Fsp3) is 0.222. The van der Waals surface area contributed by atoms with Gasteiger partial charge in [0.2, 0.25) is 5.95 Å². The topological polar surface area (TPSA) is 153 Å². The van der Waals surface area contributed by atoms with Crippen LogP contribution in [0.1, 0.15) is 16.7 Å². The van der Waals surface area contributed by atoms with Crippen LogP contribution in [0, 0.1) is 6.92 Å². The molecular weight excluding hydrogens is 573 g/mol. The Kier molecular flexibility index (Phi) is 8.57. The summed E-state index contributed by atoms with van der Waals surface area (Å²) >= 11 is 6.08. The smallest absolute Gasteiger partial charge is 0.356 e. The summed E-state index contributed by atoms with van der Waals surface area (Å²) in [5.41, 5.74) is 8.20. The number of aromatic nitrogens is 4. The lowest BCUT2D eigenvalue weighted by Crippen LogP contribution is -2.13. The number of nitrogen functional groups attached to an aromatic ring is 1. The highest BCUT2D eigenvalue weighted by molar-refractivity contribution is 7.53. The summed E-state index contributed by atoms with van der Waals surface area (Å²) in [5.74, 6) is 0.749. The van der Waals surface area contributed by atoms with Crippen LogP contribution in [-0.2, 0) is 41.0 Å². The third kappa shape index (κ3) is 7.05. The van der Waals surface area contributed by atoms with Crippen molar-refractivity contribution in [1.82, 2.24) is 19.5 Å². The van der Waals surface area contributed by atoms with Gasteiger partial charge < -0.3 is 29.0 Å². The fourth-order valence-corrected chi connectivity index (χ4v) is 5.39. The molecule has 5 rings (SSSR count). The second-order valence-corrected chi connectivity index (χ2v) is 11.5. The van der Waals surface area contributed by atoms with E-state index in [9.17, 15) is 9.36 Å². The number of nitrogens with two attached hydrogens (primary N) is 1. The minimum absolute atomic E-state index is 0.0300. The molecule has 41 heavy (non-hydrogen) atoms. The molecule has 1 unspecified atom stereocenters. The van der Waals surface area contributed by atoms with Gasteiger partial charge in [-0.25, -0.2) is 4.98 Å². The molecule has 0 aliphatic carbocycles. The van der Waals surface area contributed by atoms with Crippen LogP contribution in [0.4, 0.5) is 5.95 Å². The van der Waals surface area contributed by atoms with Crippen molar-refractivity contribution in [2.45, 2.75) is 20.1 Å². The van der Waals surface area contributed by atoms with E-state index in [4.69, 9.17) is 40.6 Å². The summed E-state index contributed by atoms with van der Waals surface area (Å²) in [6.07, 6.45) is 1.08. The third-order valence-electron chi connectivity index (χ3n) is 5.95. The Hall–Kier alpha value is -3.93. The molecule has 0 fully saturated rings. The van der Waals surface area contributed by atoms with Gasteiger partial charge in [0, 0.05) is 17.1 Å². The van der Waals surface area contributed by atoms with Crippen LogP contribution in [0.2, 0.25) is 5.02 Å². The number of aromatic amines is 1. The molecule has 214 valence electrons. The van der Waals surface area contributed by atoms with Gasteiger partial charge >= 0.3 is 7.60 Å². The van der Waals surface area contributed by atoms with E-state index in [-0.39, 0.29) is 50.1 Å². The van der Waals surface area contributed by atoms with Gasteiger partial charge in [-0.15, -0.1) is 0 Å². The van der Waals surface area contributed by atoms with E-state index in [1.807, 2.05) is 31.2 Å². The summed E-state index contributed by atoms with van der Waals surface area (Å²) < 4.78 is 44.0. The first-order valence-corrected chi connectivity index (χ1v) is 14.6. The second kappa shape index (κ2) is 12.3. The average Bonchev–Trinajstić information content (AvgIpc) is 3.52. The predicted molar refractivity (Wildman–Crippen MR) is 153 cm³/mol. The van der Waals surface area contributed by atoms with Crippen molar-refractivity contribution >= 4 is 42.1 Å². The number of nitrogens with one attached hydrogen (secondary N) is 1. The van der Waals surface area contributed by atoms with Crippen molar-refractivity contribution in [3.63, 3.8) is 0 Å². The first-order valence-electron chi connectivity index (χ1n) is 12.4. The zero-order chi connectivity index (χ0) is 29.0. The summed E-state index contributed by atoms with van der Waals surface area (Å²) in [6.45, 7) is 5.77. The maximum absolute atomic E-state index is 13.8. The molecule has 0 amide bonds. The van der Waals surface area contributed by atoms with E-state index in [0.717, 1.165) is 11.1 Å². The number of hydrogen-bond donors (Lipinski definition) is 2. The summed E-state index contributed by atoms with van der Waals surface area (Å²) in [7, 11) is -3.85. The fourth-order valence-electron chi connectivity index (χ4n) is 3.94. The molecule has 0 spiro atoms. The molecule has 3 heterocycles. The molecular formula is C27H27ClN5O7P. The number of anilines is 1. The van der Waals surface area contributed by atoms with Crippen LogP contribution in [0.15, 0.2) is 77.9 Å². The van der Waals surface area contributed by atoms with E-state index in [1.54, 1.807) is 28.8 Å². The normalized spacial score (nSPS) is 14.7. The molecule has 0 saturated carbocycles. The first-order chi connectivity index (χ1) is 19.7. The second-order valence-electron chi connectivity index (χ2n) is 9.08. The Labute approximate surface area is 239 Å². The van der Waals surface area contributed by atoms with Gasteiger partial charge in [0.1, 0.15) is 13.0 Å². The largest absolute Gasteiger partial charge is 0.424 e. The van der Waals surface area contributed by atoms with Crippen LogP contribution in [0.5, 0.6) is 0 Å². The summed E-state index contributed by atoms with van der Waals surface area (Å²) in [6, 6.07) is 14.6. The molecule has 12 nitrogen and oxygen atoms in total. The van der Waals surface area contributed by atoms with E-state index < -0.39 is 13.2 Å². The summed E-state index contributed by atoms with van der Waals surface area (Å²) in [5, 5.41) is 0.515. The highest BCUT2D eigenvalue weighted by atomic mass is 35.5. The predicted octanol–water partition coefficient (Wildman–Crippen LogP) is 4.95. The van der Waals surface area contributed by atoms with Gasteiger partial charge in [0.15, 0.2) is 22.7 Å². The van der Waals surface area contributed by atoms with Gasteiger partial charge in [0.05, 0.1) is 19.5 Å². The van der Waals surface area contributed by atoms with Crippen LogP contribution in [0.3, 0.4) is 0 Å². The van der Waals surface area contributed by atoms with Gasteiger partial charge in [0.25, 0.3) is 11.5 Å². The van der Waals surface area contributed by atoms with Crippen molar-refractivity contribution in [1.29, 1.82) is 0 Å². The van der Waals surface area contributed by atoms with Crippen molar-refractivity contribution in [2.24, 2.45) is 0 Å². The van der Waals surface area contributed by atoms with Gasteiger partial charge in [-0.3, -0.25) is 18.9 Å². The maximum Gasteiger partial charge on any atom is 0.356 e.